The highest BCUT2D eigenvalue weighted by atomic mass is 32.2. The van der Waals surface area contributed by atoms with Crippen LogP contribution in [-0.2, 0) is 20.9 Å². The van der Waals surface area contributed by atoms with E-state index in [2.05, 4.69) is 10.3 Å². The molecule has 0 radical (unpaired) electrons. The highest BCUT2D eigenvalue weighted by molar-refractivity contribution is 8.15. The Bertz CT molecular complexity index is 1330. The van der Waals surface area contributed by atoms with Gasteiger partial charge in [0.15, 0.2) is 5.17 Å². The second-order valence-electron chi connectivity index (χ2n) is 8.30. The summed E-state index contributed by atoms with van der Waals surface area (Å²) in [6.45, 7) is 2.25. The van der Waals surface area contributed by atoms with Gasteiger partial charge in [0.1, 0.15) is 16.8 Å². The fourth-order valence-electron chi connectivity index (χ4n) is 3.66. The predicted molar refractivity (Wildman–Crippen MR) is 144 cm³/mol. The SMILES string of the molecule is CCOC(=O)c1ccc(N=C2SC(C(=O)Nc3ccc(F)cc3)CC(=O)N2Cc2ccc(OC)cc2)cc1. The minimum Gasteiger partial charge on any atom is -0.497 e. The molecule has 0 aliphatic carbocycles. The minimum atomic E-state index is -0.739. The lowest BCUT2D eigenvalue weighted by molar-refractivity contribution is -0.129. The maximum absolute atomic E-state index is 13.3. The number of benzene rings is 3. The molecular weight excluding hydrogens is 509 g/mol. The molecule has 1 aliphatic rings. The van der Waals surface area contributed by atoms with Crippen LogP contribution in [0.5, 0.6) is 5.75 Å². The van der Waals surface area contributed by atoms with Gasteiger partial charge in [0.25, 0.3) is 0 Å². The van der Waals surface area contributed by atoms with Crippen molar-refractivity contribution in [3.63, 3.8) is 0 Å². The summed E-state index contributed by atoms with van der Waals surface area (Å²) >= 11 is 1.17. The van der Waals surface area contributed by atoms with Crippen LogP contribution in [0.4, 0.5) is 15.8 Å². The fraction of sp³-hybridized carbons (Fsp3) is 0.214. The molecule has 1 saturated heterocycles. The van der Waals surface area contributed by atoms with Gasteiger partial charge in [0.05, 0.1) is 31.5 Å². The van der Waals surface area contributed by atoms with Crippen molar-refractivity contribution in [3.05, 3.63) is 89.7 Å². The number of rotatable bonds is 8. The molecule has 10 heteroatoms. The summed E-state index contributed by atoms with van der Waals surface area (Å²) in [6, 6.07) is 19.2. The van der Waals surface area contributed by atoms with E-state index in [-0.39, 0.29) is 31.4 Å². The van der Waals surface area contributed by atoms with Crippen LogP contribution in [0.25, 0.3) is 0 Å². The average Bonchev–Trinajstić information content (AvgIpc) is 2.92. The van der Waals surface area contributed by atoms with Crippen molar-refractivity contribution < 1.29 is 28.2 Å². The van der Waals surface area contributed by atoms with E-state index in [0.717, 1.165) is 5.56 Å². The number of amides is 2. The van der Waals surface area contributed by atoms with E-state index < -0.39 is 17.0 Å². The van der Waals surface area contributed by atoms with Gasteiger partial charge in [-0.25, -0.2) is 14.2 Å². The molecule has 3 aromatic carbocycles. The Morgan fingerprint density at radius 2 is 1.74 bits per heavy atom. The van der Waals surface area contributed by atoms with Crippen LogP contribution >= 0.6 is 11.8 Å². The lowest BCUT2D eigenvalue weighted by Gasteiger charge is -2.32. The Labute approximate surface area is 223 Å². The summed E-state index contributed by atoms with van der Waals surface area (Å²) < 4.78 is 23.5. The molecule has 0 spiro atoms. The molecule has 0 bridgehead atoms. The molecule has 38 heavy (non-hydrogen) atoms. The number of amidine groups is 1. The number of methoxy groups -OCH3 is 1. The van der Waals surface area contributed by atoms with Crippen molar-refractivity contribution in [2.45, 2.75) is 25.1 Å². The van der Waals surface area contributed by atoms with Gasteiger partial charge in [-0.2, -0.15) is 0 Å². The van der Waals surface area contributed by atoms with Gasteiger partial charge >= 0.3 is 5.97 Å². The normalized spacial score (nSPS) is 16.3. The number of anilines is 1. The average molecular weight is 536 g/mol. The van der Waals surface area contributed by atoms with Gasteiger partial charge in [0.2, 0.25) is 11.8 Å². The first-order chi connectivity index (χ1) is 18.4. The largest absolute Gasteiger partial charge is 0.497 e. The van der Waals surface area contributed by atoms with Crippen molar-refractivity contribution in [2.75, 3.05) is 19.0 Å². The number of nitrogens with one attached hydrogen (secondary N) is 1. The maximum atomic E-state index is 13.3. The number of thioether (sulfide) groups is 1. The van der Waals surface area contributed by atoms with Crippen LogP contribution in [0.2, 0.25) is 0 Å². The number of nitrogens with zero attached hydrogens (tertiary/aromatic N) is 2. The minimum absolute atomic E-state index is 0.0331. The number of halogens is 1. The van der Waals surface area contributed by atoms with E-state index in [9.17, 15) is 18.8 Å². The van der Waals surface area contributed by atoms with E-state index in [4.69, 9.17) is 9.47 Å². The Morgan fingerprint density at radius 1 is 1.05 bits per heavy atom. The van der Waals surface area contributed by atoms with Crippen molar-refractivity contribution >= 4 is 46.1 Å². The third-order valence-electron chi connectivity index (χ3n) is 5.65. The molecule has 3 aromatic rings. The van der Waals surface area contributed by atoms with Crippen molar-refractivity contribution in [1.82, 2.24) is 4.90 Å². The molecule has 4 rings (SSSR count). The van der Waals surface area contributed by atoms with E-state index >= 15 is 0 Å². The van der Waals surface area contributed by atoms with Gasteiger partial charge in [-0.15, -0.1) is 0 Å². The lowest BCUT2D eigenvalue weighted by atomic mass is 10.2. The first kappa shape index (κ1) is 26.9. The quantitative estimate of drug-likeness (QED) is 0.400. The van der Waals surface area contributed by atoms with Crippen LogP contribution in [0.1, 0.15) is 29.3 Å². The topological polar surface area (TPSA) is 97.3 Å². The van der Waals surface area contributed by atoms with Crippen LogP contribution in [0.3, 0.4) is 0 Å². The summed E-state index contributed by atoms with van der Waals surface area (Å²) in [5, 5.41) is 2.34. The van der Waals surface area contributed by atoms with Gasteiger partial charge in [0, 0.05) is 12.1 Å². The number of aliphatic imine (C=N–C) groups is 1. The second-order valence-corrected chi connectivity index (χ2v) is 9.47. The Balaban J connectivity index is 1.59. The number of hydrogen-bond donors (Lipinski definition) is 1. The number of carbonyl (C=O) groups excluding carboxylic acids is 3. The fourth-order valence-corrected chi connectivity index (χ4v) is 4.76. The Hall–Kier alpha value is -4.18. The zero-order valence-corrected chi connectivity index (χ0v) is 21.7. The molecular formula is C28H26FN3O5S. The van der Waals surface area contributed by atoms with Crippen LogP contribution in [-0.4, -0.2) is 46.8 Å². The van der Waals surface area contributed by atoms with Crippen molar-refractivity contribution in [2.24, 2.45) is 4.99 Å². The molecule has 1 fully saturated rings. The van der Waals surface area contributed by atoms with Gasteiger partial charge < -0.3 is 14.8 Å². The lowest BCUT2D eigenvalue weighted by Crippen LogP contribution is -2.44. The van der Waals surface area contributed by atoms with E-state index in [0.29, 0.717) is 27.9 Å². The molecule has 1 heterocycles. The highest BCUT2D eigenvalue weighted by Crippen LogP contribution is 2.31. The zero-order chi connectivity index (χ0) is 27.1. The van der Waals surface area contributed by atoms with Crippen molar-refractivity contribution in [3.8, 4) is 5.75 Å². The van der Waals surface area contributed by atoms with Crippen LogP contribution in [0.15, 0.2) is 77.8 Å². The third kappa shape index (κ3) is 6.77. The molecule has 8 nitrogen and oxygen atoms in total. The number of carbonyl (C=O) groups is 3. The molecule has 1 N–H and O–H groups in total. The molecule has 1 unspecified atom stereocenters. The Kier molecular flexibility index (Phi) is 8.75. The van der Waals surface area contributed by atoms with E-state index in [1.165, 1.54) is 40.9 Å². The second kappa shape index (κ2) is 12.4. The molecule has 2 amide bonds. The number of hydrogen-bond acceptors (Lipinski definition) is 7. The third-order valence-corrected chi connectivity index (χ3v) is 6.83. The summed E-state index contributed by atoms with van der Waals surface area (Å²) in [5.41, 5.74) is 2.18. The molecule has 0 aromatic heterocycles. The van der Waals surface area contributed by atoms with Gasteiger partial charge in [-0.3, -0.25) is 14.5 Å². The highest BCUT2D eigenvalue weighted by Gasteiger charge is 2.36. The molecule has 1 atom stereocenters. The van der Waals surface area contributed by atoms with E-state index in [1.54, 1.807) is 50.4 Å². The summed E-state index contributed by atoms with van der Waals surface area (Å²) in [7, 11) is 1.58. The van der Waals surface area contributed by atoms with E-state index in [1.807, 2.05) is 12.1 Å². The number of esters is 1. The van der Waals surface area contributed by atoms with Crippen molar-refractivity contribution in [1.29, 1.82) is 0 Å². The first-order valence-corrected chi connectivity index (χ1v) is 12.8. The number of ether oxygens (including phenoxy) is 2. The first-order valence-electron chi connectivity index (χ1n) is 11.9. The monoisotopic (exact) mass is 535 g/mol. The smallest absolute Gasteiger partial charge is 0.338 e. The summed E-state index contributed by atoms with van der Waals surface area (Å²) in [6.07, 6.45) is -0.0331. The Morgan fingerprint density at radius 3 is 2.37 bits per heavy atom. The molecule has 196 valence electrons. The standard InChI is InChI=1S/C28H26FN3O5S/c1-3-37-27(35)19-6-10-22(11-7-19)31-28-32(17-18-4-14-23(36-2)15-5-18)25(33)16-24(38-28)26(34)30-21-12-8-20(29)9-13-21/h4-15,24H,3,16-17H2,1-2H3,(H,30,34). The molecule has 0 saturated carbocycles. The maximum Gasteiger partial charge on any atom is 0.338 e. The zero-order valence-electron chi connectivity index (χ0n) is 20.8. The predicted octanol–water partition coefficient (Wildman–Crippen LogP) is 5.17. The van der Waals surface area contributed by atoms with Crippen LogP contribution in [0, 0.1) is 5.82 Å². The molecule has 1 aliphatic heterocycles. The summed E-state index contributed by atoms with van der Waals surface area (Å²) in [4.78, 5) is 44.4. The van der Waals surface area contributed by atoms with Crippen LogP contribution < -0.4 is 10.1 Å². The van der Waals surface area contributed by atoms with Gasteiger partial charge in [-0.05, 0) is 73.2 Å². The summed E-state index contributed by atoms with van der Waals surface area (Å²) in [5.74, 6) is -0.804. The van der Waals surface area contributed by atoms with Gasteiger partial charge in [-0.1, -0.05) is 23.9 Å².